The lowest BCUT2D eigenvalue weighted by Gasteiger charge is -2.16. The molecule has 8 heteroatoms. The molecule has 3 rings (SSSR count). The van der Waals surface area contributed by atoms with Crippen molar-refractivity contribution in [1.82, 2.24) is 0 Å². The Bertz CT molecular complexity index is 1000. The molecule has 1 atom stereocenters. The predicted octanol–water partition coefficient (Wildman–Crippen LogP) is 5.81. The van der Waals surface area contributed by atoms with E-state index in [0.717, 1.165) is 0 Å². The first kappa shape index (κ1) is 20.6. The molecule has 0 spiro atoms. The van der Waals surface area contributed by atoms with Crippen molar-refractivity contribution in [2.75, 3.05) is 5.32 Å². The highest BCUT2D eigenvalue weighted by atomic mass is 35.5. The lowest BCUT2D eigenvalue weighted by Crippen LogP contribution is -2.30. The third kappa shape index (κ3) is 4.80. The molecule has 5 nitrogen and oxygen atoms in total. The summed E-state index contributed by atoms with van der Waals surface area (Å²) in [6.45, 7) is 1.41. The first-order valence-electron chi connectivity index (χ1n) is 8.29. The van der Waals surface area contributed by atoms with Crippen molar-refractivity contribution < 1.29 is 19.1 Å². The molecule has 1 unspecified atom stereocenters. The van der Waals surface area contributed by atoms with Gasteiger partial charge in [0, 0.05) is 16.3 Å². The SMILES string of the molecule is CC(Oc1ccc(Cl)cc1Cl)C(=O)Nc1ccc(-c2ccc(CO)o2)c(Cl)c1. The molecule has 2 aromatic carbocycles. The topological polar surface area (TPSA) is 71.7 Å². The monoisotopic (exact) mass is 439 g/mol. The number of ether oxygens (including phenoxy) is 1. The largest absolute Gasteiger partial charge is 0.479 e. The number of carbonyl (C=O) groups is 1. The Morgan fingerprint density at radius 1 is 1.11 bits per heavy atom. The van der Waals surface area contributed by atoms with E-state index >= 15 is 0 Å². The van der Waals surface area contributed by atoms with Crippen LogP contribution < -0.4 is 10.1 Å². The number of hydrogen-bond donors (Lipinski definition) is 2. The van der Waals surface area contributed by atoms with E-state index in [4.69, 9.17) is 49.1 Å². The number of hydrogen-bond acceptors (Lipinski definition) is 4. The van der Waals surface area contributed by atoms with Crippen LogP contribution in [0.4, 0.5) is 5.69 Å². The zero-order valence-corrected chi connectivity index (χ0v) is 17.0. The molecule has 0 aliphatic heterocycles. The maximum atomic E-state index is 12.4. The van der Waals surface area contributed by atoms with E-state index < -0.39 is 6.10 Å². The van der Waals surface area contributed by atoms with E-state index in [1.165, 1.54) is 0 Å². The van der Waals surface area contributed by atoms with Crippen molar-refractivity contribution >= 4 is 46.4 Å². The van der Waals surface area contributed by atoms with Crippen molar-refractivity contribution in [2.45, 2.75) is 19.6 Å². The summed E-state index contributed by atoms with van der Waals surface area (Å²) in [6, 6.07) is 13.2. The van der Waals surface area contributed by atoms with Gasteiger partial charge in [0.25, 0.3) is 5.91 Å². The zero-order chi connectivity index (χ0) is 20.3. The highest BCUT2D eigenvalue weighted by Crippen LogP contribution is 2.32. The van der Waals surface area contributed by atoms with Gasteiger partial charge in [-0.15, -0.1) is 0 Å². The summed E-state index contributed by atoms with van der Waals surface area (Å²) in [5.41, 5.74) is 1.15. The summed E-state index contributed by atoms with van der Waals surface area (Å²) in [5, 5.41) is 13.0. The van der Waals surface area contributed by atoms with E-state index in [1.54, 1.807) is 55.5 Å². The number of carbonyl (C=O) groups excluding carboxylic acids is 1. The predicted molar refractivity (Wildman–Crippen MR) is 110 cm³/mol. The third-order valence-corrected chi connectivity index (χ3v) is 4.73. The van der Waals surface area contributed by atoms with Gasteiger partial charge in [-0.3, -0.25) is 4.79 Å². The average Bonchev–Trinajstić information content (AvgIpc) is 3.13. The number of nitrogens with one attached hydrogen (secondary N) is 1. The molecule has 2 N–H and O–H groups in total. The number of furan rings is 1. The molecule has 1 heterocycles. The van der Waals surface area contributed by atoms with Gasteiger partial charge in [0.15, 0.2) is 6.10 Å². The highest BCUT2D eigenvalue weighted by molar-refractivity contribution is 6.35. The van der Waals surface area contributed by atoms with Crippen LogP contribution in [-0.2, 0) is 11.4 Å². The molecule has 3 aromatic rings. The molecule has 0 aliphatic rings. The Balaban J connectivity index is 1.68. The van der Waals surface area contributed by atoms with Crippen LogP contribution in [0.1, 0.15) is 12.7 Å². The maximum Gasteiger partial charge on any atom is 0.265 e. The Morgan fingerprint density at radius 3 is 2.54 bits per heavy atom. The molecule has 0 aliphatic carbocycles. The van der Waals surface area contributed by atoms with Crippen LogP contribution in [0.5, 0.6) is 5.75 Å². The Morgan fingerprint density at radius 2 is 1.89 bits per heavy atom. The van der Waals surface area contributed by atoms with Crippen molar-refractivity contribution in [1.29, 1.82) is 0 Å². The second kappa shape index (κ2) is 8.88. The minimum absolute atomic E-state index is 0.193. The molecular formula is C20H16Cl3NO4. The van der Waals surface area contributed by atoms with Gasteiger partial charge in [-0.25, -0.2) is 0 Å². The molecule has 1 aromatic heterocycles. The number of amides is 1. The summed E-state index contributed by atoms with van der Waals surface area (Å²) in [4.78, 5) is 12.4. The zero-order valence-electron chi connectivity index (χ0n) is 14.7. The second-order valence-corrected chi connectivity index (χ2v) is 7.19. The summed E-state index contributed by atoms with van der Waals surface area (Å²) in [7, 11) is 0. The number of anilines is 1. The fourth-order valence-electron chi connectivity index (χ4n) is 2.46. The molecule has 0 fully saturated rings. The van der Waals surface area contributed by atoms with E-state index in [9.17, 15) is 4.79 Å². The standard InChI is InChI=1S/C20H16Cl3NO4/c1-11(27-19-6-2-12(21)8-17(19)23)20(26)24-13-3-5-15(16(22)9-13)18-7-4-14(10-25)28-18/h2-9,11,25H,10H2,1H3,(H,24,26). The molecule has 0 saturated carbocycles. The lowest BCUT2D eigenvalue weighted by molar-refractivity contribution is -0.122. The first-order chi connectivity index (χ1) is 13.4. The molecule has 0 bridgehead atoms. The Kier molecular flexibility index (Phi) is 6.52. The van der Waals surface area contributed by atoms with Crippen LogP contribution in [-0.4, -0.2) is 17.1 Å². The number of aliphatic hydroxyl groups is 1. The molecule has 0 radical (unpaired) electrons. The molecule has 28 heavy (non-hydrogen) atoms. The summed E-state index contributed by atoms with van der Waals surface area (Å²) in [6.07, 6.45) is -0.797. The molecular weight excluding hydrogens is 425 g/mol. The van der Waals surface area contributed by atoms with Crippen LogP contribution in [0.15, 0.2) is 52.9 Å². The fourth-order valence-corrected chi connectivity index (χ4v) is 3.19. The summed E-state index contributed by atoms with van der Waals surface area (Å²) in [5.74, 6) is 0.964. The summed E-state index contributed by atoms with van der Waals surface area (Å²) >= 11 is 18.2. The van der Waals surface area contributed by atoms with Crippen LogP contribution in [0.2, 0.25) is 15.1 Å². The van der Waals surface area contributed by atoms with Crippen LogP contribution in [0, 0.1) is 0 Å². The van der Waals surface area contributed by atoms with Gasteiger partial charge in [0.2, 0.25) is 0 Å². The fraction of sp³-hybridized carbons (Fsp3) is 0.150. The number of benzene rings is 2. The van der Waals surface area contributed by atoms with Gasteiger partial charge in [-0.05, 0) is 55.5 Å². The van der Waals surface area contributed by atoms with Crippen LogP contribution >= 0.6 is 34.8 Å². The Labute approximate surface area is 176 Å². The smallest absolute Gasteiger partial charge is 0.265 e. The van der Waals surface area contributed by atoms with Crippen molar-refractivity contribution in [2.24, 2.45) is 0 Å². The van der Waals surface area contributed by atoms with E-state index in [-0.39, 0.29) is 12.5 Å². The minimum atomic E-state index is -0.797. The van der Waals surface area contributed by atoms with E-state index in [1.807, 2.05) is 0 Å². The van der Waals surface area contributed by atoms with Gasteiger partial charge in [0.1, 0.15) is 23.9 Å². The quantitative estimate of drug-likeness (QED) is 0.508. The van der Waals surface area contributed by atoms with Gasteiger partial charge in [-0.1, -0.05) is 34.8 Å². The molecule has 1 amide bonds. The van der Waals surface area contributed by atoms with Gasteiger partial charge in [0.05, 0.1) is 10.0 Å². The first-order valence-corrected chi connectivity index (χ1v) is 9.43. The van der Waals surface area contributed by atoms with Gasteiger partial charge >= 0.3 is 0 Å². The minimum Gasteiger partial charge on any atom is -0.479 e. The molecule has 0 saturated heterocycles. The second-order valence-electron chi connectivity index (χ2n) is 5.94. The van der Waals surface area contributed by atoms with Crippen molar-refractivity contribution in [3.8, 4) is 17.1 Å². The third-order valence-electron chi connectivity index (χ3n) is 3.89. The van der Waals surface area contributed by atoms with E-state index in [0.29, 0.717) is 43.6 Å². The molecule has 146 valence electrons. The summed E-state index contributed by atoms with van der Waals surface area (Å²) < 4.78 is 11.1. The van der Waals surface area contributed by atoms with Crippen LogP contribution in [0.3, 0.4) is 0 Å². The number of aliphatic hydroxyl groups excluding tert-OH is 1. The highest BCUT2D eigenvalue weighted by Gasteiger charge is 2.17. The van der Waals surface area contributed by atoms with Crippen LogP contribution in [0.25, 0.3) is 11.3 Å². The number of rotatable bonds is 6. The normalized spacial score (nSPS) is 11.9. The number of halogens is 3. The lowest BCUT2D eigenvalue weighted by atomic mass is 10.1. The van der Waals surface area contributed by atoms with Gasteiger partial charge < -0.3 is 19.6 Å². The van der Waals surface area contributed by atoms with Gasteiger partial charge in [-0.2, -0.15) is 0 Å². The van der Waals surface area contributed by atoms with Crippen molar-refractivity contribution in [3.63, 3.8) is 0 Å². The van der Waals surface area contributed by atoms with Crippen molar-refractivity contribution in [3.05, 3.63) is 69.4 Å². The van der Waals surface area contributed by atoms with E-state index in [2.05, 4.69) is 5.32 Å². The maximum absolute atomic E-state index is 12.4. The Hall–Kier alpha value is -2.18. The average molecular weight is 441 g/mol.